The first kappa shape index (κ1) is 10.9. The molecule has 2 atom stereocenters. The standard InChI is InChI=1S/C11H12F2OS/c1-6-4-10(14)11-7(5-15-6)8(12)2-3-9(11)13/h2-3,6,10,14H,4-5H2,1H3/t6?,10-/m0/s1. The molecule has 2 rings (SSSR count). The zero-order chi connectivity index (χ0) is 11.0. The van der Waals surface area contributed by atoms with E-state index in [1.165, 1.54) is 0 Å². The van der Waals surface area contributed by atoms with Gasteiger partial charge in [0.15, 0.2) is 0 Å². The minimum absolute atomic E-state index is 0.145. The van der Waals surface area contributed by atoms with Gasteiger partial charge in [-0.25, -0.2) is 8.78 Å². The fourth-order valence-electron chi connectivity index (χ4n) is 1.84. The first-order chi connectivity index (χ1) is 7.09. The maximum Gasteiger partial charge on any atom is 0.129 e. The normalized spacial score (nSPS) is 25.9. The van der Waals surface area contributed by atoms with Crippen LogP contribution in [0.25, 0.3) is 0 Å². The van der Waals surface area contributed by atoms with Crippen molar-refractivity contribution in [1.29, 1.82) is 0 Å². The highest BCUT2D eigenvalue weighted by atomic mass is 32.2. The third-order valence-corrected chi connectivity index (χ3v) is 3.86. The summed E-state index contributed by atoms with van der Waals surface area (Å²) >= 11 is 1.54. The van der Waals surface area contributed by atoms with Gasteiger partial charge in [-0.05, 0) is 18.6 Å². The molecule has 0 saturated carbocycles. The van der Waals surface area contributed by atoms with Gasteiger partial charge in [0, 0.05) is 22.1 Å². The second kappa shape index (κ2) is 4.10. The molecule has 0 aliphatic carbocycles. The van der Waals surface area contributed by atoms with Crippen LogP contribution < -0.4 is 0 Å². The Bertz CT molecular complexity index is 381. The summed E-state index contributed by atoms with van der Waals surface area (Å²) in [4.78, 5) is 0. The Hall–Kier alpha value is -0.610. The van der Waals surface area contributed by atoms with Gasteiger partial charge in [0.05, 0.1) is 6.10 Å². The minimum atomic E-state index is -0.888. The smallest absolute Gasteiger partial charge is 0.129 e. The third-order valence-electron chi connectivity index (χ3n) is 2.65. The fourth-order valence-corrected chi connectivity index (χ4v) is 2.91. The molecule has 0 aromatic heterocycles. The van der Waals surface area contributed by atoms with Crippen molar-refractivity contribution in [2.75, 3.05) is 0 Å². The number of aliphatic hydroxyl groups excluding tert-OH is 1. The van der Waals surface area contributed by atoms with Gasteiger partial charge >= 0.3 is 0 Å². The lowest BCUT2D eigenvalue weighted by Crippen LogP contribution is -2.07. The Kier molecular flexibility index (Phi) is 2.98. The lowest BCUT2D eigenvalue weighted by atomic mass is 9.99. The molecule has 1 N–H and O–H groups in total. The van der Waals surface area contributed by atoms with Gasteiger partial charge in [-0.1, -0.05) is 6.92 Å². The summed E-state index contributed by atoms with van der Waals surface area (Å²) in [5, 5.41) is 10.0. The van der Waals surface area contributed by atoms with E-state index in [4.69, 9.17) is 0 Å². The van der Waals surface area contributed by atoms with E-state index in [0.717, 1.165) is 12.1 Å². The van der Waals surface area contributed by atoms with Crippen LogP contribution >= 0.6 is 11.8 Å². The van der Waals surface area contributed by atoms with Gasteiger partial charge in [0.25, 0.3) is 0 Å². The molecule has 4 heteroatoms. The average Bonchev–Trinajstić information content (AvgIpc) is 2.32. The van der Waals surface area contributed by atoms with Gasteiger partial charge in [-0.3, -0.25) is 0 Å². The summed E-state index contributed by atoms with van der Waals surface area (Å²) in [5.74, 6) is -0.502. The predicted molar refractivity (Wildman–Crippen MR) is 56.7 cm³/mol. The number of fused-ring (bicyclic) bond motifs is 1. The summed E-state index contributed by atoms with van der Waals surface area (Å²) in [6.07, 6.45) is -0.418. The second-order valence-corrected chi connectivity index (χ2v) is 5.22. The molecule has 1 nitrogen and oxygen atoms in total. The maximum atomic E-state index is 13.5. The highest BCUT2D eigenvalue weighted by Gasteiger charge is 2.26. The highest BCUT2D eigenvalue weighted by Crippen LogP contribution is 2.37. The molecule has 1 aromatic rings. The Morgan fingerprint density at radius 3 is 2.73 bits per heavy atom. The summed E-state index contributed by atoms with van der Waals surface area (Å²) in [6.45, 7) is 1.95. The van der Waals surface area contributed by atoms with Crippen molar-refractivity contribution in [3.63, 3.8) is 0 Å². The number of hydrogen-bond acceptors (Lipinski definition) is 2. The topological polar surface area (TPSA) is 20.2 Å². The third kappa shape index (κ3) is 2.01. The predicted octanol–water partition coefficient (Wildman–Crippen LogP) is 3.02. The van der Waals surface area contributed by atoms with Crippen molar-refractivity contribution in [2.45, 2.75) is 30.5 Å². The number of thioether (sulfide) groups is 1. The number of hydrogen-bond donors (Lipinski definition) is 1. The summed E-state index contributed by atoms with van der Waals surface area (Å²) in [6, 6.07) is 2.20. The van der Waals surface area contributed by atoms with Crippen LogP contribution in [0.4, 0.5) is 8.78 Å². The van der Waals surface area contributed by atoms with Crippen LogP contribution in [0.1, 0.15) is 30.6 Å². The highest BCUT2D eigenvalue weighted by molar-refractivity contribution is 7.99. The van der Waals surface area contributed by atoms with E-state index in [9.17, 15) is 13.9 Å². The van der Waals surface area contributed by atoms with Gasteiger partial charge in [-0.15, -0.1) is 0 Å². The van der Waals surface area contributed by atoms with Crippen molar-refractivity contribution in [3.05, 3.63) is 34.9 Å². The van der Waals surface area contributed by atoms with E-state index < -0.39 is 17.7 Å². The molecule has 1 aliphatic heterocycles. The van der Waals surface area contributed by atoms with Crippen LogP contribution in [-0.4, -0.2) is 10.4 Å². The summed E-state index contributed by atoms with van der Waals surface area (Å²) < 4.78 is 26.9. The Balaban J connectivity index is 2.52. The van der Waals surface area contributed by atoms with E-state index in [1.54, 1.807) is 11.8 Å². The van der Waals surface area contributed by atoms with Crippen molar-refractivity contribution >= 4 is 11.8 Å². The molecule has 82 valence electrons. The van der Waals surface area contributed by atoms with Crippen LogP contribution in [-0.2, 0) is 5.75 Å². The molecule has 1 unspecified atom stereocenters. The SMILES string of the molecule is CC1C[C@H](O)c2c(F)ccc(F)c2CS1. The average molecular weight is 230 g/mol. The van der Waals surface area contributed by atoms with Crippen LogP contribution in [0.15, 0.2) is 12.1 Å². The number of aliphatic hydroxyl groups is 1. The fraction of sp³-hybridized carbons (Fsp3) is 0.455. The molecule has 0 amide bonds. The van der Waals surface area contributed by atoms with Gasteiger partial charge in [-0.2, -0.15) is 11.8 Å². The molecule has 0 saturated heterocycles. The van der Waals surface area contributed by atoms with Crippen LogP contribution in [0.5, 0.6) is 0 Å². The lowest BCUT2D eigenvalue weighted by molar-refractivity contribution is 0.163. The molecule has 1 aliphatic rings. The van der Waals surface area contributed by atoms with Crippen molar-refractivity contribution < 1.29 is 13.9 Å². The van der Waals surface area contributed by atoms with Crippen LogP contribution in [0.3, 0.4) is 0 Å². The number of rotatable bonds is 0. The molecule has 1 aromatic carbocycles. The molecule has 0 spiro atoms. The van der Waals surface area contributed by atoms with Crippen LogP contribution in [0.2, 0.25) is 0 Å². The Morgan fingerprint density at radius 2 is 2.00 bits per heavy atom. The van der Waals surface area contributed by atoms with E-state index in [1.807, 2.05) is 6.92 Å². The zero-order valence-corrected chi connectivity index (χ0v) is 9.15. The first-order valence-corrected chi connectivity index (χ1v) is 5.91. The molecular formula is C11H12F2OS. The Labute approximate surface area is 91.5 Å². The first-order valence-electron chi connectivity index (χ1n) is 4.86. The van der Waals surface area contributed by atoms with E-state index in [0.29, 0.717) is 17.7 Å². The van der Waals surface area contributed by atoms with Crippen molar-refractivity contribution in [2.24, 2.45) is 0 Å². The quantitative estimate of drug-likeness (QED) is 0.739. The van der Waals surface area contributed by atoms with E-state index in [-0.39, 0.29) is 10.8 Å². The number of benzene rings is 1. The lowest BCUT2D eigenvalue weighted by Gasteiger charge is -2.13. The second-order valence-electron chi connectivity index (χ2n) is 3.79. The molecular weight excluding hydrogens is 218 g/mol. The zero-order valence-electron chi connectivity index (χ0n) is 8.34. The molecule has 1 heterocycles. The summed E-state index contributed by atoms with van der Waals surface area (Å²) in [5.41, 5.74) is 0.462. The van der Waals surface area contributed by atoms with Crippen molar-refractivity contribution in [3.8, 4) is 0 Å². The van der Waals surface area contributed by atoms with E-state index >= 15 is 0 Å². The molecule has 0 bridgehead atoms. The molecule has 0 fully saturated rings. The largest absolute Gasteiger partial charge is 0.388 e. The van der Waals surface area contributed by atoms with Gasteiger partial charge < -0.3 is 5.11 Å². The molecule has 15 heavy (non-hydrogen) atoms. The maximum absolute atomic E-state index is 13.5. The van der Waals surface area contributed by atoms with Gasteiger partial charge in [0.2, 0.25) is 0 Å². The molecule has 0 radical (unpaired) electrons. The monoisotopic (exact) mass is 230 g/mol. The summed E-state index contributed by atoms with van der Waals surface area (Å²) in [7, 11) is 0. The number of halogens is 2. The van der Waals surface area contributed by atoms with E-state index in [2.05, 4.69) is 0 Å². The van der Waals surface area contributed by atoms with Gasteiger partial charge in [0.1, 0.15) is 11.6 Å². The minimum Gasteiger partial charge on any atom is -0.388 e. The Morgan fingerprint density at radius 1 is 1.33 bits per heavy atom. The van der Waals surface area contributed by atoms with Crippen LogP contribution in [0, 0.1) is 11.6 Å². The van der Waals surface area contributed by atoms with Crippen molar-refractivity contribution in [1.82, 2.24) is 0 Å².